The van der Waals surface area contributed by atoms with Crippen molar-refractivity contribution >= 4 is 17.5 Å². The maximum Gasteiger partial charge on any atom is 0.255 e. The second-order valence-electron chi connectivity index (χ2n) is 7.45. The molecule has 26 heavy (non-hydrogen) atoms. The van der Waals surface area contributed by atoms with Gasteiger partial charge in [-0.25, -0.2) is 0 Å². The molecule has 1 spiro atoms. The fourth-order valence-corrected chi connectivity index (χ4v) is 4.80. The van der Waals surface area contributed by atoms with Crippen molar-refractivity contribution in [2.75, 3.05) is 18.4 Å². The molecule has 1 aromatic carbocycles. The predicted molar refractivity (Wildman–Crippen MR) is 96.6 cm³/mol. The van der Waals surface area contributed by atoms with E-state index in [9.17, 15) is 9.59 Å². The molecule has 2 fully saturated rings. The molecule has 1 saturated heterocycles. The summed E-state index contributed by atoms with van der Waals surface area (Å²) in [5.74, 6) is 0.594. The van der Waals surface area contributed by atoms with Crippen LogP contribution in [0.15, 0.2) is 48.8 Å². The zero-order valence-electron chi connectivity index (χ0n) is 14.3. The average Bonchev–Trinajstić information content (AvgIpc) is 3.23. The van der Waals surface area contributed by atoms with Crippen LogP contribution in [0.25, 0.3) is 0 Å². The number of carbonyl (C=O) groups is 2. The smallest absolute Gasteiger partial charge is 0.255 e. The lowest BCUT2D eigenvalue weighted by Crippen LogP contribution is -2.61. The van der Waals surface area contributed by atoms with Gasteiger partial charge in [-0.1, -0.05) is 12.1 Å². The van der Waals surface area contributed by atoms with E-state index in [1.165, 1.54) is 0 Å². The minimum Gasteiger partial charge on any atom is -0.362 e. The third kappa shape index (κ3) is 2.21. The van der Waals surface area contributed by atoms with Crippen LogP contribution in [-0.4, -0.2) is 40.5 Å². The van der Waals surface area contributed by atoms with Crippen LogP contribution in [0.5, 0.6) is 0 Å². The van der Waals surface area contributed by atoms with Crippen molar-refractivity contribution in [1.82, 2.24) is 15.2 Å². The number of anilines is 1. The van der Waals surface area contributed by atoms with Gasteiger partial charge in [-0.05, 0) is 43.0 Å². The van der Waals surface area contributed by atoms with E-state index in [2.05, 4.69) is 15.6 Å². The zero-order valence-corrected chi connectivity index (χ0v) is 14.3. The molecule has 132 valence electrons. The van der Waals surface area contributed by atoms with E-state index >= 15 is 0 Å². The summed E-state index contributed by atoms with van der Waals surface area (Å²) in [6.07, 6.45) is 5.17. The van der Waals surface area contributed by atoms with Crippen LogP contribution in [0.2, 0.25) is 0 Å². The Morgan fingerprint density at radius 2 is 2.04 bits per heavy atom. The Kier molecular flexibility index (Phi) is 3.29. The number of carbonyl (C=O) groups excluding carboxylic acids is 2. The van der Waals surface area contributed by atoms with Crippen LogP contribution in [0.3, 0.4) is 0 Å². The van der Waals surface area contributed by atoms with Crippen LogP contribution < -0.4 is 10.6 Å². The van der Waals surface area contributed by atoms with Crippen molar-refractivity contribution in [2.24, 2.45) is 11.8 Å². The maximum atomic E-state index is 12.8. The van der Waals surface area contributed by atoms with Gasteiger partial charge in [-0.2, -0.15) is 0 Å². The quantitative estimate of drug-likeness (QED) is 0.828. The molecule has 6 nitrogen and oxygen atoms in total. The van der Waals surface area contributed by atoms with Gasteiger partial charge in [0.2, 0.25) is 0 Å². The maximum absolute atomic E-state index is 12.8. The number of fused-ring (bicyclic) bond motifs is 3. The number of pyridine rings is 1. The molecule has 2 amide bonds. The third-order valence-corrected chi connectivity index (χ3v) is 6.05. The van der Waals surface area contributed by atoms with Crippen molar-refractivity contribution in [1.29, 1.82) is 0 Å². The van der Waals surface area contributed by atoms with Crippen molar-refractivity contribution in [3.63, 3.8) is 0 Å². The van der Waals surface area contributed by atoms with E-state index in [1.807, 2.05) is 29.2 Å². The van der Waals surface area contributed by atoms with Crippen LogP contribution >= 0.6 is 0 Å². The van der Waals surface area contributed by atoms with E-state index in [0.29, 0.717) is 23.6 Å². The molecule has 3 aliphatic rings. The Labute approximate surface area is 151 Å². The molecule has 1 saturated carbocycles. The lowest BCUT2D eigenvalue weighted by Gasteiger charge is -2.42. The molecule has 0 bridgehead atoms. The number of hydrogen-bond donors (Lipinski definition) is 2. The molecule has 1 aliphatic carbocycles. The molecule has 3 atom stereocenters. The molecule has 2 aromatic rings. The van der Waals surface area contributed by atoms with Gasteiger partial charge in [0.1, 0.15) is 5.66 Å². The molecule has 3 heterocycles. The summed E-state index contributed by atoms with van der Waals surface area (Å²) in [7, 11) is 0. The minimum atomic E-state index is -0.458. The molecule has 2 N–H and O–H groups in total. The van der Waals surface area contributed by atoms with Gasteiger partial charge >= 0.3 is 0 Å². The number of amides is 2. The predicted octanol–water partition coefficient (Wildman–Crippen LogP) is 2.12. The highest BCUT2D eigenvalue weighted by Crippen LogP contribution is 2.47. The van der Waals surface area contributed by atoms with Crippen molar-refractivity contribution in [3.05, 3.63) is 59.9 Å². The van der Waals surface area contributed by atoms with E-state index < -0.39 is 5.66 Å². The Hall–Kier alpha value is -2.89. The first kappa shape index (κ1) is 15.4. The average molecular weight is 348 g/mol. The molecule has 0 radical (unpaired) electrons. The van der Waals surface area contributed by atoms with Gasteiger partial charge in [0.05, 0.1) is 11.1 Å². The summed E-state index contributed by atoms with van der Waals surface area (Å²) in [6.45, 7) is 1.38. The lowest BCUT2D eigenvalue weighted by atomic mass is 9.89. The molecule has 1 aromatic heterocycles. The number of benzene rings is 1. The Morgan fingerprint density at radius 1 is 1.15 bits per heavy atom. The highest BCUT2D eigenvalue weighted by Gasteiger charge is 2.55. The van der Waals surface area contributed by atoms with E-state index in [1.54, 1.807) is 24.5 Å². The summed E-state index contributed by atoms with van der Waals surface area (Å²) < 4.78 is 0. The van der Waals surface area contributed by atoms with Gasteiger partial charge in [-0.3, -0.25) is 14.6 Å². The zero-order chi connectivity index (χ0) is 17.7. The number of rotatable bonds is 1. The molecule has 6 heteroatoms. The Bertz CT molecular complexity index is 884. The highest BCUT2D eigenvalue weighted by atomic mass is 16.2. The molecule has 0 unspecified atom stereocenters. The SMILES string of the molecule is O=C1N[C@]2(CC[C@@H]3CN(C(=O)c4cccnc4)C[C@@H]32)Nc2ccccc21. The first-order chi connectivity index (χ1) is 12.7. The second kappa shape index (κ2) is 5.56. The summed E-state index contributed by atoms with van der Waals surface area (Å²) in [4.78, 5) is 31.4. The van der Waals surface area contributed by atoms with Gasteiger partial charge in [0, 0.05) is 37.1 Å². The second-order valence-corrected chi connectivity index (χ2v) is 7.45. The number of aromatic nitrogens is 1. The molecule has 2 aliphatic heterocycles. The Morgan fingerprint density at radius 3 is 2.88 bits per heavy atom. The lowest BCUT2D eigenvalue weighted by molar-refractivity contribution is 0.0767. The number of hydrogen-bond acceptors (Lipinski definition) is 4. The highest BCUT2D eigenvalue weighted by molar-refractivity contribution is 6.02. The van der Waals surface area contributed by atoms with Gasteiger partial charge in [0.15, 0.2) is 0 Å². The summed E-state index contributed by atoms with van der Waals surface area (Å²) in [6, 6.07) is 11.2. The molecule has 5 rings (SSSR count). The summed E-state index contributed by atoms with van der Waals surface area (Å²) in [5.41, 5.74) is 1.73. The minimum absolute atomic E-state index is 0.0187. The monoisotopic (exact) mass is 348 g/mol. The summed E-state index contributed by atoms with van der Waals surface area (Å²) >= 11 is 0. The molecular formula is C20H20N4O2. The number of likely N-dealkylation sites (tertiary alicyclic amines) is 1. The standard InChI is InChI=1S/C20H20N4O2/c25-18-15-5-1-2-6-17(15)22-20(23-18)8-7-14-11-24(12-16(14)20)19(26)13-4-3-9-21-10-13/h1-6,9-10,14,16,22H,7-8,11-12H2,(H,23,25)/t14-,16+,20+/m1/s1. The largest absolute Gasteiger partial charge is 0.362 e. The van der Waals surface area contributed by atoms with Crippen molar-refractivity contribution in [2.45, 2.75) is 18.5 Å². The third-order valence-electron chi connectivity index (χ3n) is 6.05. The number of para-hydroxylation sites is 1. The van der Waals surface area contributed by atoms with Crippen molar-refractivity contribution in [3.8, 4) is 0 Å². The fraction of sp³-hybridized carbons (Fsp3) is 0.350. The molecular weight excluding hydrogens is 328 g/mol. The van der Waals surface area contributed by atoms with Crippen LogP contribution in [0, 0.1) is 11.8 Å². The van der Waals surface area contributed by atoms with Crippen LogP contribution in [0.4, 0.5) is 5.69 Å². The first-order valence-corrected chi connectivity index (χ1v) is 9.05. The van der Waals surface area contributed by atoms with Crippen molar-refractivity contribution < 1.29 is 9.59 Å². The van der Waals surface area contributed by atoms with Gasteiger partial charge in [-0.15, -0.1) is 0 Å². The fourth-order valence-electron chi connectivity index (χ4n) is 4.80. The topological polar surface area (TPSA) is 74.3 Å². The first-order valence-electron chi connectivity index (χ1n) is 9.05. The van der Waals surface area contributed by atoms with Crippen LogP contribution in [0.1, 0.15) is 33.6 Å². The van der Waals surface area contributed by atoms with Gasteiger partial charge < -0.3 is 15.5 Å². The van der Waals surface area contributed by atoms with E-state index in [4.69, 9.17) is 0 Å². The van der Waals surface area contributed by atoms with E-state index in [0.717, 1.165) is 25.1 Å². The van der Waals surface area contributed by atoms with E-state index in [-0.39, 0.29) is 17.7 Å². The Balaban J connectivity index is 1.41. The van der Waals surface area contributed by atoms with Gasteiger partial charge in [0.25, 0.3) is 11.8 Å². The van der Waals surface area contributed by atoms with Crippen LogP contribution in [-0.2, 0) is 0 Å². The normalized spacial score (nSPS) is 29.1. The summed E-state index contributed by atoms with van der Waals surface area (Å²) in [5, 5.41) is 6.81. The number of nitrogens with one attached hydrogen (secondary N) is 2. The number of nitrogens with zero attached hydrogens (tertiary/aromatic N) is 2.